The number of nitrogens with two attached hydrogens (primary N) is 1. The summed E-state index contributed by atoms with van der Waals surface area (Å²) < 4.78 is 41.4. The summed E-state index contributed by atoms with van der Waals surface area (Å²) in [4.78, 5) is 4.32. The highest BCUT2D eigenvalue weighted by molar-refractivity contribution is 5.61. The number of alkyl halides is 3. The molecule has 1 aliphatic carbocycles. The molecule has 0 saturated carbocycles. The van der Waals surface area contributed by atoms with Gasteiger partial charge < -0.3 is 10.8 Å². The van der Waals surface area contributed by atoms with Gasteiger partial charge in [-0.1, -0.05) is 36.6 Å². The number of ether oxygens (including phenoxy) is 1. The Kier molecular flexibility index (Phi) is 9.73. The lowest BCUT2D eigenvalue weighted by molar-refractivity contribution is -0.337. The summed E-state index contributed by atoms with van der Waals surface area (Å²) in [5.74, 6) is 1.04. The van der Waals surface area contributed by atoms with Gasteiger partial charge in [0.1, 0.15) is 6.23 Å². The largest absolute Gasteiger partial charge is 0.523 e. The fourth-order valence-corrected chi connectivity index (χ4v) is 4.70. The topological polar surface area (TPSA) is 91.9 Å². The zero-order valence-corrected chi connectivity index (χ0v) is 18.6. The van der Waals surface area contributed by atoms with Crippen LogP contribution in [-0.4, -0.2) is 48.9 Å². The number of hydrogen-bond acceptors (Lipinski definition) is 6. The minimum absolute atomic E-state index is 0.00974. The van der Waals surface area contributed by atoms with Gasteiger partial charge in [-0.25, -0.2) is 0 Å². The van der Waals surface area contributed by atoms with Crippen LogP contribution in [0.3, 0.4) is 0 Å². The number of aliphatic hydroxyl groups excluding tert-OH is 1. The molecule has 9 heteroatoms. The first-order chi connectivity index (χ1) is 15.3. The fraction of sp³-hybridized carbons (Fsp3) is 0.783. The molecule has 0 saturated heterocycles. The molecule has 5 N–H and O–H groups in total. The van der Waals surface area contributed by atoms with Gasteiger partial charge in [-0.3, -0.25) is 20.4 Å². The van der Waals surface area contributed by atoms with E-state index in [0.717, 1.165) is 31.4 Å². The molecular formula is C23H37F3N4O2. The van der Waals surface area contributed by atoms with Gasteiger partial charge in [-0.15, -0.1) is 13.2 Å². The number of nitrogens with one attached hydrogen (secondary N) is 2. The maximum atomic E-state index is 12.4. The van der Waals surface area contributed by atoms with Gasteiger partial charge in [0.25, 0.3) is 0 Å². The van der Waals surface area contributed by atoms with E-state index in [1.54, 1.807) is 0 Å². The average Bonchev–Trinajstić information content (AvgIpc) is 2.72. The summed E-state index contributed by atoms with van der Waals surface area (Å²) in [6.07, 6.45) is 9.91. The fourth-order valence-electron chi connectivity index (χ4n) is 4.70. The Bertz CT molecular complexity index is 668. The zero-order valence-electron chi connectivity index (χ0n) is 18.6. The van der Waals surface area contributed by atoms with Crippen LogP contribution in [-0.2, 0) is 4.74 Å². The molecule has 0 radical (unpaired) electrons. The number of rotatable bonds is 10. The van der Waals surface area contributed by atoms with Gasteiger partial charge in [0.2, 0.25) is 0 Å². The quantitative estimate of drug-likeness (QED) is 0.228. The summed E-state index contributed by atoms with van der Waals surface area (Å²) in [6, 6.07) is 0. The van der Waals surface area contributed by atoms with Crippen LogP contribution in [0.4, 0.5) is 13.2 Å². The Morgan fingerprint density at radius 2 is 1.97 bits per heavy atom. The van der Waals surface area contributed by atoms with E-state index in [0.29, 0.717) is 37.5 Å². The minimum Gasteiger partial charge on any atom is -0.378 e. The lowest BCUT2D eigenvalue weighted by Gasteiger charge is -2.29. The Morgan fingerprint density at radius 1 is 1.19 bits per heavy atom. The summed E-state index contributed by atoms with van der Waals surface area (Å²) in [5, 5.41) is 16.8. The second-order valence-electron chi connectivity index (χ2n) is 9.22. The minimum atomic E-state index is -4.63. The summed E-state index contributed by atoms with van der Waals surface area (Å²) in [6.45, 7) is 0.838. The van der Waals surface area contributed by atoms with Gasteiger partial charge in [0.05, 0.1) is 18.4 Å². The first-order valence-corrected chi connectivity index (χ1v) is 11.9. The number of unbranched alkanes of at least 4 members (excludes halogenated alkanes) is 1. The molecule has 3 aliphatic rings. The number of halogens is 3. The molecule has 0 aromatic heterocycles. The molecule has 0 aromatic carbocycles. The van der Waals surface area contributed by atoms with Crippen molar-refractivity contribution in [3.8, 4) is 0 Å². The lowest BCUT2D eigenvalue weighted by Crippen LogP contribution is -2.49. The maximum absolute atomic E-state index is 12.4. The summed E-state index contributed by atoms with van der Waals surface area (Å²) in [7, 11) is 0. The molecule has 2 unspecified atom stereocenters. The SMILES string of the molecule is N[C@H]1CC[C@@H](CCCC[C@H]2C=C[C@@H](NC(O)CC3=CC(OC(F)(F)F)CCC3)NC2)C=N1. The molecule has 3 rings (SSSR count). The van der Waals surface area contributed by atoms with Crippen molar-refractivity contribution in [2.75, 3.05) is 6.54 Å². The van der Waals surface area contributed by atoms with E-state index < -0.39 is 18.7 Å². The van der Waals surface area contributed by atoms with E-state index >= 15 is 0 Å². The molecule has 32 heavy (non-hydrogen) atoms. The van der Waals surface area contributed by atoms with E-state index in [4.69, 9.17) is 5.73 Å². The Morgan fingerprint density at radius 3 is 2.62 bits per heavy atom. The van der Waals surface area contributed by atoms with Crippen LogP contribution in [0, 0.1) is 11.8 Å². The van der Waals surface area contributed by atoms with E-state index in [-0.39, 0.29) is 12.3 Å². The van der Waals surface area contributed by atoms with Crippen molar-refractivity contribution >= 4 is 6.21 Å². The van der Waals surface area contributed by atoms with Crippen molar-refractivity contribution < 1.29 is 23.0 Å². The van der Waals surface area contributed by atoms with Crippen molar-refractivity contribution in [2.45, 2.75) is 95.2 Å². The third-order valence-electron chi connectivity index (χ3n) is 6.42. The highest BCUT2D eigenvalue weighted by Gasteiger charge is 2.33. The van der Waals surface area contributed by atoms with E-state index in [2.05, 4.69) is 26.4 Å². The van der Waals surface area contributed by atoms with Crippen LogP contribution in [0.1, 0.15) is 64.2 Å². The normalized spacial score (nSPS) is 32.0. The van der Waals surface area contributed by atoms with Gasteiger partial charge >= 0.3 is 6.36 Å². The predicted molar refractivity (Wildman–Crippen MR) is 119 cm³/mol. The van der Waals surface area contributed by atoms with Crippen molar-refractivity contribution in [2.24, 2.45) is 22.6 Å². The van der Waals surface area contributed by atoms with E-state index in [9.17, 15) is 18.3 Å². The lowest BCUT2D eigenvalue weighted by atomic mass is 9.92. The molecule has 0 spiro atoms. The monoisotopic (exact) mass is 458 g/mol. The maximum Gasteiger partial charge on any atom is 0.523 e. The number of aliphatic hydroxyl groups is 1. The highest BCUT2D eigenvalue weighted by atomic mass is 19.4. The zero-order chi connectivity index (χ0) is 23.0. The average molecular weight is 459 g/mol. The molecule has 2 aliphatic heterocycles. The first kappa shape index (κ1) is 25.4. The van der Waals surface area contributed by atoms with Gasteiger partial charge in [-0.05, 0) is 56.8 Å². The molecule has 182 valence electrons. The van der Waals surface area contributed by atoms with Crippen LogP contribution in [0.5, 0.6) is 0 Å². The second kappa shape index (κ2) is 12.3. The van der Waals surface area contributed by atoms with E-state index in [1.165, 1.54) is 25.3 Å². The Hall–Kier alpha value is -1.26. The number of nitrogens with zero attached hydrogens (tertiary/aromatic N) is 1. The molecule has 6 atom stereocenters. The van der Waals surface area contributed by atoms with E-state index in [1.807, 2.05) is 12.3 Å². The standard InChI is InChI=1S/C23H37F3N4O2/c24-23(25,26)32-19-7-3-6-18(12-19)13-22(31)30-21-11-9-17(15-29-21)5-2-1-4-16-8-10-20(27)28-14-16/h9,11-12,14,16-17,19-22,29-31H,1-8,10,13,15,27H2/t16-,17+,19?,20-,21-,22?/m1/s1. The second-order valence-corrected chi connectivity index (χ2v) is 9.22. The summed E-state index contributed by atoms with van der Waals surface area (Å²) >= 11 is 0. The molecule has 0 fully saturated rings. The Balaban J connectivity index is 1.32. The van der Waals surface area contributed by atoms with Crippen molar-refractivity contribution in [1.29, 1.82) is 0 Å². The van der Waals surface area contributed by atoms with Crippen LogP contribution in [0.15, 0.2) is 28.8 Å². The smallest absolute Gasteiger partial charge is 0.378 e. The van der Waals surface area contributed by atoms with Crippen LogP contribution in [0.25, 0.3) is 0 Å². The van der Waals surface area contributed by atoms with Crippen molar-refractivity contribution in [3.05, 3.63) is 23.8 Å². The molecule has 0 bridgehead atoms. The number of hydrogen-bond donors (Lipinski definition) is 4. The predicted octanol–water partition coefficient (Wildman–Crippen LogP) is 3.73. The highest BCUT2D eigenvalue weighted by Crippen LogP contribution is 2.28. The molecule has 0 aromatic rings. The molecular weight excluding hydrogens is 421 g/mol. The third-order valence-corrected chi connectivity index (χ3v) is 6.42. The van der Waals surface area contributed by atoms with Crippen LogP contribution in [0.2, 0.25) is 0 Å². The van der Waals surface area contributed by atoms with Gasteiger partial charge in [0.15, 0.2) is 0 Å². The van der Waals surface area contributed by atoms with Crippen LogP contribution < -0.4 is 16.4 Å². The third kappa shape index (κ3) is 9.31. The molecule has 2 heterocycles. The first-order valence-electron chi connectivity index (χ1n) is 11.9. The van der Waals surface area contributed by atoms with Crippen molar-refractivity contribution in [3.63, 3.8) is 0 Å². The number of aliphatic imine (C=N–C) groups is 1. The van der Waals surface area contributed by atoms with Gasteiger partial charge in [0, 0.05) is 19.2 Å². The van der Waals surface area contributed by atoms with Gasteiger partial charge in [-0.2, -0.15) is 0 Å². The summed E-state index contributed by atoms with van der Waals surface area (Å²) in [5.41, 5.74) is 6.58. The Labute approximate surface area is 188 Å². The molecule has 6 nitrogen and oxygen atoms in total. The van der Waals surface area contributed by atoms with Crippen molar-refractivity contribution in [1.82, 2.24) is 10.6 Å². The molecule has 0 amide bonds. The van der Waals surface area contributed by atoms with Crippen LogP contribution >= 0.6 is 0 Å².